The Morgan fingerprint density at radius 3 is 2.67 bits per heavy atom. The zero-order valence-electron chi connectivity index (χ0n) is 7.53. The van der Waals surface area contributed by atoms with Gasteiger partial charge < -0.3 is 10.5 Å². The van der Waals surface area contributed by atoms with Crippen molar-refractivity contribution in [2.75, 3.05) is 12.8 Å². The molecule has 0 aromatic carbocycles. The van der Waals surface area contributed by atoms with Crippen molar-refractivity contribution < 1.29 is 4.74 Å². The van der Waals surface area contributed by atoms with Crippen LogP contribution in [0.3, 0.4) is 0 Å². The molecule has 0 fully saturated rings. The summed E-state index contributed by atoms with van der Waals surface area (Å²) in [6, 6.07) is 1.65. The van der Waals surface area contributed by atoms with Crippen molar-refractivity contribution in [3.8, 4) is 0 Å². The van der Waals surface area contributed by atoms with Gasteiger partial charge in [-0.3, -0.25) is 0 Å². The molecular weight excluding hydrogens is 154 g/mol. The third-order valence-electron chi connectivity index (χ3n) is 1.73. The minimum Gasteiger partial charge on any atom is -0.384 e. The number of nitrogen functional groups attached to an aromatic ring is 1. The summed E-state index contributed by atoms with van der Waals surface area (Å²) in [5, 5.41) is 0. The van der Waals surface area contributed by atoms with E-state index in [1.165, 1.54) is 0 Å². The second-order valence-electron chi connectivity index (χ2n) is 3.02. The van der Waals surface area contributed by atoms with E-state index in [-0.39, 0.29) is 0 Å². The number of aromatic nitrogens is 2. The molecule has 0 aliphatic rings. The first-order chi connectivity index (χ1) is 5.56. The minimum atomic E-state index is -0.477. The predicted octanol–water partition coefficient (Wildman–Crippen LogP) is 0.940. The van der Waals surface area contributed by atoms with Crippen molar-refractivity contribution in [2.45, 2.75) is 19.4 Å². The third-order valence-corrected chi connectivity index (χ3v) is 1.73. The van der Waals surface area contributed by atoms with Crippen LogP contribution in [0.1, 0.15) is 19.7 Å². The molecule has 0 spiro atoms. The van der Waals surface area contributed by atoms with Crippen molar-refractivity contribution >= 4 is 5.82 Å². The summed E-state index contributed by atoms with van der Waals surface area (Å²) in [6.45, 7) is 3.78. The zero-order chi connectivity index (χ0) is 9.19. The molecular formula is C8H13N3O. The van der Waals surface area contributed by atoms with Crippen LogP contribution in [0.15, 0.2) is 12.3 Å². The first-order valence-electron chi connectivity index (χ1n) is 3.70. The molecule has 1 aromatic rings. The number of anilines is 1. The fourth-order valence-electron chi connectivity index (χ4n) is 0.754. The Labute approximate surface area is 71.8 Å². The quantitative estimate of drug-likeness (QED) is 0.712. The average Bonchev–Trinajstić information content (AvgIpc) is 2.05. The maximum atomic E-state index is 5.50. The van der Waals surface area contributed by atoms with Gasteiger partial charge in [0.15, 0.2) is 5.82 Å². The van der Waals surface area contributed by atoms with Gasteiger partial charge >= 0.3 is 0 Å². The van der Waals surface area contributed by atoms with E-state index in [1.54, 1.807) is 19.4 Å². The Kier molecular flexibility index (Phi) is 2.28. The Hall–Kier alpha value is -1.16. The lowest BCUT2D eigenvalue weighted by Gasteiger charge is -2.20. The number of rotatable bonds is 2. The van der Waals surface area contributed by atoms with Crippen molar-refractivity contribution in [1.82, 2.24) is 9.97 Å². The van der Waals surface area contributed by atoms with Crippen molar-refractivity contribution in [1.29, 1.82) is 0 Å². The van der Waals surface area contributed by atoms with E-state index in [1.807, 2.05) is 13.8 Å². The number of nitrogens with two attached hydrogens (primary N) is 1. The van der Waals surface area contributed by atoms with Crippen molar-refractivity contribution in [2.24, 2.45) is 0 Å². The molecule has 0 saturated heterocycles. The van der Waals surface area contributed by atoms with Gasteiger partial charge in [-0.15, -0.1) is 0 Å². The van der Waals surface area contributed by atoms with E-state index < -0.39 is 5.60 Å². The summed E-state index contributed by atoms with van der Waals surface area (Å²) in [4.78, 5) is 8.12. The van der Waals surface area contributed by atoms with Crippen LogP contribution < -0.4 is 5.73 Å². The SMILES string of the molecule is COC(C)(C)c1nccc(N)n1. The van der Waals surface area contributed by atoms with Crippen LogP contribution in [0.4, 0.5) is 5.82 Å². The van der Waals surface area contributed by atoms with Crippen LogP contribution in [0.5, 0.6) is 0 Å². The summed E-state index contributed by atoms with van der Waals surface area (Å²) in [5.41, 5.74) is 5.03. The van der Waals surface area contributed by atoms with E-state index in [2.05, 4.69) is 9.97 Å². The average molecular weight is 167 g/mol. The standard InChI is InChI=1S/C8H13N3O/c1-8(2,12-3)7-10-5-4-6(9)11-7/h4-5H,1-3H3,(H2,9,10,11). The molecule has 4 nitrogen and oxygen atoms in total. The topological polar surface area (TPSA) is 61.0 Å². The lowest BCUT2D eigenvalue weighted by molar-refractivity contribution is 0.0116. The molecule has 12 heavy (non-hydrogen) atoms. The Morgan fingerprint density at radius 2 is 2.17 bits per heavy atom. The van der Waals surface area contributed by atoms with Crippen molar-refractivity contribution in [3.63, 3.8) is 0 Å². The van der Waals surface area contributed by atoms with Crippen LogP contribution in [0, 0.1) is 0 Å². The van der Waals surface area contributed by atoms with E-state index in [4.69, 9.17) is 10.5 Å². The second kappa shape index (κ2) is 3.06. The fraction of sp³-hybridized carbons (Fsp3) is 0.500. The molecule has 0 amide bonds. The Balaban J connectivity index is 3.03. The van der Waals surface area contributed by atoms with Crippen LogP contribution in [0.25, 0.3) is 0 Å². The van der Waals surface area contributed by atoms with Crippen LogP contribution >= 0.6 is 0 Å². The van der Waals surface area contributed by atoms with Gasteiger partial charge in [0, 0.05) is 13.3 Å². The highest BCUT2D eigenvalue weighted by Crippen LogP contribution is 2.19. The molecule has 0 unspecified atom stereocenters. The lowest BCUT2D eigenvalue weighted by Crippen LogP contribution is -2.23. The first-order valence-corrected chi connectivity index (χ1v) is 3.70. The number of nitrogens with zero attached hydrogens (tertiary/aromatic N) is 2. The Morgan fingerprint density at radius 1 is 1.50 bits per heavy atom. The molecule has 0 bridgehead atoms. The molecule has 0 atom stereocenters. The molecule has 66 valence electrons. The van der Waals surface area contributed by atoms with Gasteiger partial charge in [0.2, 0.25) is 0 Å². The van der Waals surface area contributed by atoms with Gasteiger partial charge in [-0.05, 0) is 19.9 Å². The molecule has 0 saturated carbocycles. The van der Waals surface area contributed by atoms with Crippen LogP contribution in [-0.2, 0) is 10.3 Å². The normalized spacial score (nSPS) is 11.6. The van der Waals surface area contributed by atoms with Gasteiger partial charge in [-0.2, -0.15) is 0 Å². The monoisotopic (exact) mass is 167 g/mol. The maximum absolute atomic E-state index is 5.50. The van der Waals surface area contributed by atoms with Gasteiger partial charge in [0.1, 0.15) is 11.4 Å². The summed E-state index contributed by atoms with van der Waals surface area (Å²) in [5.74, 6) is 1.06. The minimum absolute atomic E-state index is 0.463. The van der Waals surface area contributed by atoms with Crippen LogP contribution in [-0.4, -0.2) is 17.1 Å². The summed E-state index contributed by atoms with van der Waals surface area (Å²) in [6.07, 6.45) is 1.62. The number of ether oxygens (including phenoxy) is 1. The molecule has 0 aliphatic heterocycles. The lowest BCUT2D eigenvalue weighted by atomic mass is 10.1. The fourth-order valence-corrected chi connectivity index (χ4v) is 0.754. The highest BCUT2D eigenvalue weighted by atomic mass is 16.5. The highest BCUT2D eigenvalue weighted by molar-refractivity contribution is 5.26. The molecule has 0 radical (unpaired) electrons. The van der Waals surface area contributed by atoms with Gasteiger partial charge in [0.05, 0.1) is 0 Å². The maximum Gasteiger partial charge on any atom is 0.161 e. The molecule has 1 aromatic heterocycles. The largest absolute Gasteiger partial charge is 0.384 e. The zero-order valence-corrected chi connectivity index (χ0v) is 7.53. The van der Waals surface area contributed by atoms with E-state index >= 15 is 0 Å². The number of hydrogen-bond donors (Lipinski definition) is 1. The molecule has 1 heterocycles. The van der Waals surface area contributed by atoms with E-state index in [0.717, 1.165) is 0 Å². The van der Waals surface area contributed by atoms with Crippen LogP contribution in [0.2, 0.25) is 0 Å². The highest BCUT2D eigenvalue weighted by Gasteiger charge is 2.22. The first kappa shape index (κ1) is 8.93. The summed E-state index contributed by atoms with van der Waals surface area (Å²) >= 11 is 0. The predicted molar refractivity (Wildman–Crippen MR) is 46.5 cm³/mol. The second-order valence-corrected chi connectivity index (χ2v) is 3.02. The van der Waals surface area contributed by atoms with Gasteiger partial charge in [-0.25, -0.2) is 9.97 Å². The van der Waals surface area contributed by atoms with Crippen molar-refractivity contribution in [3.05, 3.63) is 18.1 Å². The van der Waals surface area contributed by atoms with E-state index in [0.29, 0.717) is 11.6 Å². The number of methoxy groups -OCH3 is 1. The van der Waals surface area contributed by atoms with E-state index in [9.17, 15) is 0 Å². The summed E-state index contributed by atoms with van der Waals surface area (Å²) < 4.78 is 5.20. The number of hydrogen-bond acceptors (Lipinski definition) is 4. The molecule has 4 heteroatoms. The van der Waals surface area contributed by atoms with Gasteiger partial charge in [0.25, 0.3) is 0 Å². The molecule has 0 aliphatic carbocycles. The van der Waals surface area contributed by atoms with Gasteiger partial charge in [-0.1, -0.05) is 0 Å². The Bertz CT molecular complexity index is 273. The third kappa shape index (κ3) is 1.71. The molecule has 2 N–H and O–H groups in total. The smallest absolute Gasteiger partial charge is 0.161 e. The molecule has 1 rings (SSSR count). The summed E-state index contributed by atoms with van der Waals surface area (Å²) in [7, 11) is 1.62.